The van der Waals surface area contributed by atoms with Gasteiger partial charge in [0, 0.05) is 24.3 Å². The number of hydrogen-bond acceptors (Lipinski definition) is 3. The summed E-state index contributed by atoms with van der Waals surface area (Å²) in [5, 5.41) is 2.81. The minimum Gasteiger partial charge on any atom is -0.490 e. The van der Waals surface area contributed by atoms with Gasteiger partial charge in [-0.05, 0) is 35.7 Å². The smallest absolute Gasteiger partial charge is 0.227 e. The number of carbonyl (C=O) groups excluding carboxylic acids is 1. The second kappa shape index (κ2) is 9.08. The molecule has 0 bridgehead atoms. The van der Waals surface area contributed by atoms with Crippen molar-refractivity contribution in [2.75, 3.05) is 18.1 Å². The lowest BCUT2D eigenvalue weighted by atomic mass is 10.1. The van der Waals surface area contributed by atoms with Gasteiger partial charge in [0.2, 0.25) is 5.91 Å². The lowest BCUT2D eigenvalue weighted by Crippen LogP contribution is -2.25. The molecule has 6 rings (SSSR count). The van der Waals surface area contributed by atoms with Crippen molar-refractivity contribution in [1.82, 2.24) is 9.55 Å². The number of para-hydroxylation sites is 3. The highest BCUT2D eigenvalue weighted by Crippen LogP contribution is 2.36. The number of imidazole rings is 1. The van der Waals surface area contributed by atoms with Gasteiger partial charge >= 0.3 is 0 Å². The number of nitrogens with zero attached hydrogens (tertiary/aromatic N) is 3. The van der Waals surface area contributed by atoms with Gasteiger partial charge in [-0.25, -0.2) is 4.98 Å². The van der Waals surface area contributed by atoms with Crippen LogP contribution in [0.3, 0.4) is 0 Å². The number of fused-ring (bicyclic) bond motifs is 2. The molecule has 1 fully saturated rings. The number of anilines is 1. The predicted octanol–water partition coefficient (Wildman–Crippen LogP) is 6.44. The van der Waals surface area contributed by atoms with E-state index in [0.29, 0.717) is 36.9 Å². The van der Waals surface area contributed by atoms with Crippen LogP contribution in [0.2, 0.25) is 5.02 Å². The fourth-order valence-electron chi connectivity index (χ4n) is 5.01. The van der Waals surface area contributed by atoms with Crippen molar-refractivity contribution in [3.8, 4) is 5.75 Å². The molecule has 0 N–H and O–H groups in total. The average Bonchev–Trinajstić information content (AvgIpc) is 3.45. The van der Waals surface area contributed by atoms with Crippen LogP contribution in [0.4, 0.5) is 5.69 Å². The maximum Gasteiger partial charge on any atom is 0.227 e. The van der Waals surface area contributed by atoms with Gasteiger partial charge in [0.25, 0.3) is 0 Å². The molecule has 1 atom stereocenters. The van der Waals surface area contributed by atoms with Crippen LogP contribution in [0.1, 0.15) is 18.2 Å². The number of amides is 1. The summed E-state index contributed by atoms with van der Waals surface area (Å²) in [7, 11) is 0. The number of ether oxygens (including phenoxy) is 1. The third kappa shape index (κ3) is 4.02. The highest BCUT2D eigenvalue weighted by Gasteiger charge is 2.35. The van der Waals surface area contributed by atoms with Crippen molar-refractivity contribution >= 4 is 45.0 Å². The molecule has 6 heteroatoms. The molecule has 0 aliphatic carbocycles. The number of halogens is 1. The summed E-state index contributed by atoms with van der Waals surface area (Å²) in [5.74, 6) is 1.70. The van der Waals surface area contributed by atoms with Crippen LogP contribution in [0, 0.1) is 0 Å². The van der Waals surface area contributed by atoms with Gasteiger partial charge in [0.15, 0.2) is 0 Å². The van der Waals surface area contributed by atoms with E-state index in [-0.39, 0.29) is 11.8 Å². The second-order valence-electron chi connectivity index (χ2n) is 8.79. The fraction of sp³-hybridized carbons (Fsp3) is 0.172. The van der Waals surface area contributed by atoms with Crippen molar-refractivity contribution in [3.05, 3.63) is 102 Å². The molecular formula is C29H24ClN3O2. The molecule has 35 heavy (non-hydrogen) atoms. The van der Waals surface area contributed by atoms with Gasteiger partial charge in [-0.3, -0.25) is 4.79 Å². The molecule has 5 nitrogen and oxygen atoms in total. The SMILES string of the molecule is O=C1CC(c2nc3ccccc3n2CCOc2ccccc2Cl)CN1c1cccc2ccccc12. The largest absolute Gasteiger partial charge is 0.490 e. The summed E-state index contributed by atoms with van der Waals surface area (Å²) >= 11 is 6.26. The number of rotatable bonds is 6. The highest BCUT2D eigenvalue weighted by atomic mass is 35.5. The molecule has 1 aromatic heterocycles. The monoisotopic (exact) mass is 481 g/mol. The van der Waals surface area contributed by atoms with Crippen molar-refractivity contribution in [2.45, 2.75) is 18.9 Å². The van der Waals surface area contributed by atoms with Gasteiger partial charge in [-0.1, -0.05) is 72.3 Å². The topological polar surface area (TPSA) is 47.4 Å². The molecule has 5 aromatic rings. The summed E-state index contributed by atoms with van der Waals surface area (Å²) in [5.41, 5.74) is 2.93. The molecule has 1 unspecified atom stereocenters. The Labute approximate surface area is 208 Å². The minimum atomic E-state index is -0.00539. The standard InChI is InChI=1S/C29H24ClN3O2/c30-23-11-3-6-15-27(23)35-17-16-32-26-13-5-4-12-24(26)31-29(32)21-18-28(34)33(19-21)25-14-7-9-20-8-1-2-10-22(20)25/h1-15,21H,16-19H2. The Bertz CT molecular complexity index is 1540. The molecule has 1 amide bonds. The Morgan fingerprint density at radius 3 is 2.60 bits per heavy atom. The van der Waals surface area contributed by atoms with Crippen LogP contribution in [0.5, 0.6) is 5.75 Å². The maximum absolute atomic E-state index is 13.2. The first-order chi connectivity index (χ1) is 17.2. The lowest BCUT2D eigenvalue weighted by Gasteiger charge is -2.19. The zero-order valence-corrected chi connectivity index (χ0v) is 19.9. The zero-order chi connectivity index (χ0) is 23.8. The molecule has 174 valence electrons. The van der Waals surface area contributed by atoms with Crippen LogP contribution < -0.4 is 9.64 Å². The molecule has 4 aromatic carbocycles. The average molecular weight is 482 g/mol. The second-order valence-corrected chi connectivity index (χ2v) is 9.20. The highest BCUT2D eigenvalue weighted by molar-refractivity contribution is 6.32. The van der Waals surface area contributed by atoms with E-state index in [4.69, 9.17) is 21.3 Å². The molecule has 1 aliphatic rings. The molecule has 0 radical (unpaired) electrons. The summed E-state index contributed by atoms with van der Waals surface area (Å²) in [4.78, 5) is 20.1. The summed E-state index contributed by atoms with van der Waals surface area (Å²) in [6, 6.07) is 29.9. The number of aromatic nitrogens is 2. The molecular weight excluding hydrogens is 458 g/mol. The first-order valence-electron chi connectivity index (χ1n) is 11.8. The minimum absolute atomic E-state index is 0.00539. The Morgan fingerprint density at radius 2 is 1.69 bits per heavy atom. The predicted molar refractivity (Wildman–Crippen MR) is 140 cm³/mol. The molecule has 2 heterocycles. The summed E-state index contributed by atoms with van der Waals surface area (Å²) < 4.78 is 8.17. The van der Waals surface area contributed by atoms with Crippen LogP contribution in [0.25, 0.3) is 21.8 Å². The third-order valence-electron chi connectivity index (χ3n) is 6.64. The van der Waals surface area contributed by atoms with Crippen molar-refractivity contribution in [1.29, 1.82) is 0 Å². The fourth-order valence-corrected chi connectivity index (χ4v) is 5.20. The van der Waals surface area contributed by atoms with Crippen molar-refractivity contribution < 1.29 is 9.53 Å². The van der Waals surface area contributed by atoms with Crippen LogP contribution >= 0.6 is 11.6 Å². The van der Waals surface area contributed by atoms with Gasteiger partial charge < -0.3 is 14.2 Å². The quantitative estimate of drug-likeness (QED) is 0.280. The normalized spacial score (nSPS) is 15.9. The first-order valence-corrected chi connectivity index (χ1v) is 12.2. The Morgan fingerprint density at radius 1 is 0.914 bits per heavy atom. The maximum atomic E-state index is 13.2. The molecule has 0 saturated carbocycles. The Kier molecular flexibility index (Phi) is 5.63. The van der Waals surface area contributed by atoms with E-state index in [2.05, 4.69) is 28.8 Å². The summed E-state index contributed by atoms with van der Waals surface area (Å²) in [6.45, 7) is 1.66. The van der Waals surface area contributed by atoms with E-state index in [1.807, 2.05) is 71.6 Å². The number of hydrogen-bond donors (Lipinski definition) is 0. The van der Waals surface area contributed by atoms with E-state index in [0.717, 1.165) is 33.3 Å². The van der Waals surface area contributed by atoms with E-state index in [1.165, 1.54) is 0 Å². The summed E-state index contributed by atoms with van der Waals surface area (Å²) in [6.07, 6.45) is 0.428. The van der Waals surface area contributed by atoms with Gasteiger partial charge in [-0.2, -0.15) is 0 Å². The van der Waals surface area contributed by atoms with E-state index < -0.39 is 0 Å². The van der Waals surface area contributed by atoms with E-state index in [1.54, 1.807) is 0 Å². The zero-order valence-electron chi connectivity index (χ0n) is 19.1. The van der Waals surface area contributed by atoms with Crippen LogP contribution in [-0.4, -0.2) is 28.6 Å². The van der Waals surface area contributed by atoms with Gasteiger partial charge in [-0.15, -0.1) is 0 Å². The molecule has 1 aliphatic heterocycles. The van der Waals surface area contributed by atoms with Crippen molar-refractivity contribution in [2.24, 2.45) is 0 Å². The first kappa shape index (κ1) is 21.7. The van der Waals surface area contributed by atoms with E-state index >= 15 is 0 Å². The van der Waals surface area contributed by atoms with Crippen LogP contribution in [0.15, 0.2) is 91.0 Å². The Hall–Kier alpha value is -3.83. The number of carbonyl (C=O) groups is 1. The molecule has 1 saturated heterocycles. The van der Waals surface area contributed by atoms with Crippen LogP contribution in [-0.2, 0) is 11.3 Å². The van der Waals surface area contributed by atoms with Gasteiger partial charge in [0.05, 0.1) is 28.3 Å². The molecule has 0 spiro atoms. The third-order valence-corrected chi connectivity index (χ3v) is 6.95. The van der Waals surface area contributed by atoms with Gasteiger partial charge in [0.1, 0.15) is 18.2 Å². The van der Waals surface area contributed by atoms with Crippen molar-refractivity contribution in [3.63, 3.8) is 0 Å². The number of benzene rings is 4. The lowest BCUT2D eigenvalue weighted by molar-refractivity contribution is -0.117. The Balaban J connectivity index is 1.30. The van der Waals surface area contributed by atoms with E-state index in [9.17, 15) is 4.79 Å².